The summed E-state index contributed by atoms with van der Waals surface area (Å²) in [5.74, 6) is 0.256. The Morgan fingerprint density at radius 3 is 2.58 bits per heavy atom. The minimum atomic E-state index is -0.499. The van der Waals surface area contributed by atoms with E-state index in [2.05, 4.69) is 46.4 Å². The van der Waals surface area contributed by atoms with Gasteiger partial charge in [-0.05, 0) is 36.8 Å². The van der Waals surface area contributed by atoms with Crippen LogP contribution in [0.1, 0.15) is 21.5 Å². The number of anilines is 3. The number of para-hydroxylation sites is 1. The van der Waals surface area contributed by atoms with Gasteiger partial charge in [-0.1, -0.05) is 42.0 Å². The fourth-order valence-corrected chi connectivity index (χ4v) is 3.63. The monoisotopic (exact) mass is 416 g/mol. The lowest BCUT2D eigenvalue weighted by Crippen LogP contribution is -2.46. The number of esters is 1. The lowest BCUT2D eigenvalue weighted by atomic mass is 10.1. The van der Waals surface area contributed by atoms with E-state index in [0.29, 0.717) is 30.9 Å². The number of nitrogens with one attached hydrogen (secondary N) is 1. The second kappa shape index (κ2) is 8.87. The maximum Gasteiger partial charge on any atom is 0.339 e. The molecule has 3 aromatic rings. The SMILES string of the molecule is COC(=O)c1ccccc1NC(=O)N1CCN(Cc2ccc(C)cc2)c2ncccc21. The van der Waals surface area contributed by atoms with E-state index in [1.807, 2.05) is 12.1 Å². The minimum absolute atomic E-state index is 0.308. The van der Waals surface area contributed by atoms with E-state index in [1.54, 1.807) is 35.4 Å². The summed E-state index contributed by atoms with van der Waals surface area (Å²) in [6, 6.07) is 18.6. The highest BCUT2D eigenvalue weighted by Crippen LogP contribution is 2.32. The number of rotatable bonds is 4. The number of aromatic nitrogens is 1. The number of methoxy groups -OCH3 is 1. The van der Waals surface area contributed by atoms with Gasteiger partial charge >= 0.3 is 12.0 Å². The van der Waals surface area contributed by atoms with Gasteiger partial charge in [0.25, 0.3) is 0 Å². The molecule has 1 aliphatic rings. The Labute approximate surface area is 181 Å². The average molecular weight is 416 g/mol. The second-order valence-electron chi connectivity index (χ2n) is 7.37. The summed E-state index contributed by atoms with van der Waals surface area (Å²) in [4.78, 5) is 33.5. The average Bonchev–Trinajstić information content (AvgIpc) is 2.80. The second-order valence-corrected chi connectivity index (χ2v) is 7.37. The molecule has 1 aliphatic heterocycles. The fourth-order valence-electron chi connectivity index (χ4n) is 3.63. The molecule has 0 aliphatic carbocycles. The first-order chi connectivity index (χ1) is 15.1. The Hall–Kier alpha value is -3.87. The molecule has 2 heterocycles. The quantitative estimate of drug-likeness (QED) is 0.644. The molecule has 1 aromatic heterocycles. The first-order valence-corrected chi connectivity index (χ1v) is 10.1. The summed E-state index contributed by atoms with van der Waals surface area (Å²) in [6.07, 6.45) is 1.73. The topological polar surface area (TPSA) is 74.8 Å². The van der Waals surface area contributed by atoms with Crippen molar-refractivity contribution >= 4 is 29.2 Å². The van der Waals surface area contributed by atoms with Gasteiger partial charge in [-0.2, -0.15) is 0 Å². The Morgan fingerprint density at radius 1 is 1.03 bits per heavy atom. The summed E-state index contributed by atoms with van der Waals surface area (Å²) >= 11 is 0. The van der Waals surface area contributed by atoms with E-state index >= 15 is 0 Å². The maximum absolute atomic E-state index is 13.1. The molecule has 0 unspecified atom stereocenters. The van der Waals surface area contributed by atoms with Gasteiger partial charge in [0, 0.05) is 25.8 Å². The molecule has 0 saturated heterocycles. The summed E-state index contributed by atoms with van der Waals surface area (Å²) in [7, 11) is 1.32. The Balaban J connectivity index is 1.56. The van der Waals surface area contributed by atoms with Crippen LogP contribution < -0.4 is 15.1 Å². The molecular formula is C24H24N4O3. The van der Waals surface area contributed by atoms with Crippen LogP contribution in [0.15, 0.2) is 66.9 Å². The molecule has 0 atom stereocenters. The first kappa shape index (κ1) is 20.4. The van der Waals surface area contributed by atoms with Gasteiger partial charge in [0.15, 0.2) is 5.82 Å². The molecule has 158 valence electrons. The first-order valence-electron chi connectivity index (χ1n) is 10.1. The minimum Gasteiger partial charge on any atom is -0.465 e. The largest absolute Gasteiger partial charge is 0.465 e. The van der Waals surface area contributed by atoms with Crippen molar-refractivity contribution in [1.29, 1.82) is 0 Å². The number of nitrogens with zero attached hydrogens (tertiary/aromatic N) is 3. The Kier molecular flexibility index (Phi) is 5.84. The number of benzene rings is 2. The van der Waals surface area contributed by atoms with Gasteiger partial charge in [-0.3, -0.25) is 4.90 Å². The smallest absolute Gasteiger partial charge is 0.339 e. The van der Waals surface area contributed by atoms with Gasteiger partial charge in [0.2, 0.25) is 0 Å². The standard InChI is InChI=1S/C24H24N4O3/c1-17-9-11-18(12-10-17)16-27-14-15-28(21-8-5-13-25-22(21)27)24(30)26-20-7-4-3-6-19(20)23(29)31-2/h3-13H,14-16H2,1-2H3,(H,26,30). The van der Waals surface area contributed by atoms with Crippen LogP contribution in [0.2, 0.25) is 0 Å². The predicted octanol–water partition coefficient (Wildman–Crippen LogP) is 4.24. The van der Waals surface area contributed by atoms with Crippen molar-refractivity contribution in [3.05, 3.63) is 83.6 Å². The lowest BCUT2D eigenvalue weighted by molar-refractivity contribution is 0.0602. The van der Waals surface area contributed by atoms with Crippen molar-refractivity contribution in [3.8, 4) is 0 Å². The fraction of sp³-hybridized carbons (Fsp3) is 0.208. The Morgan fingerprint density at radius 2 is 1.81 bits per heavy atom. The molecule has 0 radical (unpaired) electrons. The number of pyridine rings is 1. The van der Waals surface area contributed by atoms with Gasteiger partial charge < -0.3 is 15.0 Å². The Bertz CT molecular complexity index is 1100. The van der Waals surface area contributed by atoms with Gasteiger partial charge in [-0.15, -0.1) is 0 Å². The molecule has 0 spiro atoms. The molecule has 0 bridgehead atoms. The zero-order chi connectivity index (χ0) is 21.8. The zero-order valence-corrected chi connectivity index (χ0v) is 17.5. The number of aryl methyl sites for hydroxylation is 1. The molecule has 4 rings (SSSR count). The highest BCUT2D eigenvalue weighted by Gasteiger charge is 2.28. The van der Waals surface area contributed by atoms with Crippen molar-refractivity contribution in [2.45, 2.75) is 13.5 Å². The van der Waals surface area contributed by atoms with Gasteiger partial charge in [0.05, 0.1) is 24.0 Å². The number of ether oxygens (including phenoxy) is 1. The third-order valence-electron chi connectivity index (χ3n) is 5.26. The lowest BCUT2D eigenvalue weighted by Gasteiger charge is -2.36. The summed E-state index contributed by atoms with van der Waals surface area (Å²) in [5.41, 5.74) is 3.85. The summed E-state index contributed by atoms with van der Waals surface area (Å²) < 4.78 is 4.82. The number of fused-ring (bicyclic) bond motifs is 1. The molecular weight excluding hydrogens is 392 g/mol. The van der Waals surface area contributed by atoms with Crippen LogP contribution in [-0.4, -0.2) is 37.2 Å². The number of hydrogen-bond acceptors (Lipinski definition) is 5. The van der Waals surface area contributed by atoms with Crippen molar-refractivity contribution in [1.82, 2.24) is 4.98 Å². The zero-order valence-electron chi connectivity index (χ0n) is 17.5. The number of carbonyl (C=O) groups is 2. The van der Waals surface area contributed by atoms with Crippen LogP contribution in [0.25, 0.3) is 0 Å². The highest BCUT2D eigenvalue weighted by molar-refractivity contribution is 6.07. The van der Waals surface area contributed by atoms with E-state index in [-0.39, 0.29) is 6.03 Å². The molecule has 2 aromatic carbocycles. The number of urea groups is 1. The van der Waals surface area contributed by atoms with Crippen molar-refractivity contribution in [2.24, 2.45) is 0 Å². The van der Waals surface area contributed by atoms with Crippen molar-refractivity contribution in [2.75, 3.05) is 35.3 Å². The molecule has 1 N–H and O–H groups in total. The molecule has 7 nitrogen and oxygen atoms in total. The maximum atomic E-state index is 13.1. The van der Waals surface area contributed by atoms with Crippen LogP contribution in [0.5, 0.6) is 0 Å². The number of hydrogen-bond donors (Lipinski definition) is 1. The van der Waals surface area contributed by atoms with Gasteiger partial charge in [-0.25, -0.2) is 14.6 Å². The van der Waals surface area contributed by atoms with E-state index in [0.717, 1.165) is 11.5 Å². The summed E-state index contributed by atoms with van der Waals surface area (Å²) in [5, 5.41) is 2.85. The van der Waals surface area contributed by atoms with Crippen molar-refractivity contribution < 1.29 is 14.3 Å². The predicted molar refractivity (Wildman–Crippen MR) is 121 cm³/mol. The van der Waals surface area contributed by atoms with Crippen molar-refractivity contribution in [3.63, 3.8) is 0 Å². The molecule has 2 amide bonds. The molecule has 31 heavy (non-hydrogen) atoms. The molecule has 0 fully saturated rings. The molecule has 7 heteroatoms. The normalized spacial score (nSPS) is 12.8. The van der Waals surface area contributed by atoms with E-state index < -0.39 is 5.97 Å². The number of amides is 2. The highest BCUT2D eigenvalue weighted by atomic mass is 16.5. The third-order valence-corrected chi connectivity index (χ3v) is 5.26. The van der Waals surface area contributed by atoms with E-state index in [4.69, 9.17) is 4.74 Å². The van der Waals surface area contributed by atoms with E-state index in [1.165, 1.54) is 18.2 Å². The van der Waals surface area contributed by atoms with E-state index in [9.17, 15) is 9.59 Å². The molecule has 0 saturated carbocycles. The third kappa shape index (κ3) is 4.35. The van der Waals surface area contributed by atoms with Crippen LogP contribution in [0, 0.1) is 6.92 Å². The van der Waals surface area contributed by atoms with Crippen LogP contribution in [0.4, 0.5) is 22.0 Å². The van der Waals surface area contributed by atoms with Crippen LogP contribution >= 0.6 is 0 Å². The van der Waals surface area contributed by atoms with Crippen LogP contribution in [-0.2, 0) is 11.3 Å². The van der Waals surface area contributed by atoms with Crippen LogP contribution in [0.3, 0.4) is 0 Å². The summed E-state index contributed by atoms with van der Waals surface area (Å²) in [6.45, 7) is 3.92. The number of carbonyl (C=O) groups excluding carboxylic acids is 2. The van der Waals surface area contributed by atoms with Gasteiger partial charge in [0.1, 0.15) is 0 Å².